The second-order valence-electron chi connectivity index (χ2n) is 5.35. The van der Waals surface area contributed by atoms with E-state index in [2.05, 4.69) is 22.1 Å². The van der Waals surface area contributed by atoms with Crippen LogP contribution in [-0.2, 0) is 0 Å². The minimum Gasteiger partial charge on any atom is -0.370 e. The number of pyridine rings is 1. The molecule has 0 saturated carbocycles. The zero-order valence-corrected chi connectivity index (χ0v) is 12.1. The Kier molecular flexibility index (Phi) is 4.76. The first-order valence-corrected chi connectivity index (χ1v) is 7.26. The number of aromatic nitrogens is 1. The Bertz CT molecular complexity index is 478. The molecule has 2 rings (SSSR count). The van der Waals surface area contributed by atoms with E-state index in [0.717, 1.165) is 32.5 Å². The van der Waals surface area contributed by atoms with Crippen molar-refractivity contribution >= 4 is 17.3 Å². The first-order valence-electron chi connectivity index (χ1n) is 7.26. The Labute approximate surface area is 119 Å². The monoisotopic (exact) mass is 278 g/mol. The van der Waals surface area contributed by atoms with Gasteiger partial charge in [-0.1, -0.05) is 6.92 Å². The second kappa shape index (κ2) is 6.54. The van der Waals surface area contributed by atoms with Gasteiger partial charge in [0.05, 0.1) is 4.92 Å². The van der Waals surface area contributed by atoms with Gasteiger partial charge in [-0.2, -0.15) is 0 Å². The highest BCUT2D eigenvalue weighted by molar-refractivity contribution is 5.61. The molecule has 1 aliphatic rings. The van der Waals surface area contributed by atoms with Crippen LogP contribution < -0.4 is 10.2 Å². The summed E-state index contributed by atoms with van der Waals surface area (Å²) in [7, 11) is 0. The van der Waals surface area contributed by atoms with E-state index in [1.807, 2.05) is 6.92 Å². The van der Waals surface area contributed by atoms with Crippen LogP contribution in [0, 0.1) is 16.0 Å². The molecule has 1 fully saturated rings. The Hall–Kier alpha value is -1.85. The summed E-state index contributed by atoms with van der Waals surface area (Å²) in [6.45, 7) is 6.65. The SMILES string of the molecule is CCNc1ccc([N+](=O)[O-])c(N2CCCC(C)CC2)n1. The van der Waals surface area contributed by atoms with Gasteiger partial charge in [0.1, 0.15) is 5.82 Å². The Morgan fingerprint density at radius 1 is 1.45 bits per heavy atom. The van der Waals surface area contributed by atoms with Gasteiger partial charge in [-0.3, -0.25) is 10.1 Å². The standard InChI is InChI=1S/C14H22N4O2/c1-3-15-13-7-6-12(18(19)20)14(16-13)17-9-4-5-11(2)8-10-17/h6-7,11H,3-5,8-10H2,1-2H3,(H,15,16). The van der Waals surface area contributed by atoms with Gasteiger partial charge >= 0.3 is 5.69 Å². The molecule has 0 radical (unpaired) electrons. The Balaban J connectivity index is 2.30. The Morgan fingerprint density at radius 2 is 2.25 bits per heavy atom. The number of rotatable bonds is 4. The quantitative estimate of drug-likeness (QED) is 0.677. The molecule has 1 aromatic rings. The van der Waals surface area contributed by atoms with Gasteiger partial charge in [-0.25, -0.2) is 4.98 Å². The lowest BCUT2D eigenvalue weighted by Gasteiger charge is -2.21. The number of nitrogens with one attached hydrogen (secondary N) is 1. The molecule has 1 aromatic heterocycles. The summed E-state index contributed by atoms with van der Waals surface area (Å²) in [5.41, 5.74) is 0.0983. The van der Waals surface area contributed by atoms with Crippen LogP contribution in [0.1, 0.15) is 33.1 Å². The summed E-state index contributed by atoms with van der Waals surface area (Å²) in [6.07, 6.45) is 3.30. The van der Waals surface area contributed by atoms with E-state index in [-0.39, 0.29) is 10.6 Å². The van der Waals surface area contributed by atoms with Gasteiger partial charge in [0.25, 0.3) is 0 Å². The zero-order chi connectivity index (χ0) is 14.5. The van der Waals surface area contributed by atoms with E-state index in [1.54, 1.807) is 12.1 Å². The first kappa shape index (κ1) is 14.6. The number of hydrogen-bond acceptors (Lipinski definition) is 5. The van der Waals surface area contributed by atoms with Gasteiger partial charge < -0.3 is 10.2 Å². The summed E-state index contributed by atoms with van der Waals surface area (Å²) < 4.78 is 0. The Morgan fingerprint density at radius 3 is 2.95 bits per heavy atom. The van der Waals surface area contributed by atoms with Crippen LogP contribution in [-0.4, -0.2) is 29.5 Å². The van der Waals surface area contributed by atoms with E-state index >= 15 is 0 Å². The third-order valence-corrected chi connectivity index (χ3v) is 3.73. The average Bonchev–Trinajstić information content (AvgIpc) is 2.63. The third-order valence-electron chi connectivity index (χ3n) is 3.73. The molecule has 0 bridgehead atoms. The van der Waals surface area contributed by atoms with E-state index in [4.69, 9.17) is 0 Å². The fourth-order valence-corrected chi connectivity index (χ4v) is 2.57. The van der Waals surface area contributed by atoms with Gasteiger partial charge in [-0.15, -0.1) is 0 Å². The molecule has 6 nitrogen and oxygen atoms in total. The van der Waals surface area contributed by atoms with Crippen molar-refractivity contribution in [3.05, 3.63) is 22.2 Å². The smallest absolute Gasteiger partial charge is 0.311 e. The maximum absolute atomic E-state index is 11.2. The van der Waals surface area contributed by atoms with E-state index in [0.29, 0.717) is 17.6 Å². The van der Waals surface area contributed by atoms with Gasteiger partial charge in [0.2, 0.25) is 5.82 Å². The van der Waals surface area contributed by atoms with E-state index < -0.39 is 0 Å². The molecule has 0 aliphatic carbocycles. The van der Waals surface area contributed by atoms with Crippen molar-refractivity contribution in [3.63, 3.8) is 0 Å². The van der Waals surface area contributed by atoms with E-state index in [9.17, 15) is 10.1 Å². The molecule has 0 aromatic carbocycles. The maximum Gasteiger partial charge on any atom is 0.311 e. The number of hydrogen-bond donors (Lipinski definition) is 1. The molecular formula is C14H22N4O2. The molecule has 6 heteroatoms. The summed E-state index contributed by atoms with van der Waals surface area (Å²) in [5.74, 6) is 1.88. The molecule has 20 heavy (non-hydrogen) atoms. The lowest BCUT2D eigenvalue weighted by Crippen LogP contribution is -2.26. The van der Waals surface area contributed by atoms with Crippen LogP contribution in [0.4, 0.5) is 17.3 Å². The van der Waals surface area contributed by atoms with Gasteiger partial charge in [0, 0.05) is 25.7 Å². The third kappa shape index (κ3) is 3.37. The topological polar surface area (TPSA) is 71.3 Å². The lowest BCUT2D eigenvalue weighted by atomic mass is 10.0. The second-order valence-corrected chi connectivity index (χ2v) is 5.35. The van der Waals surface area contributed by atoms with Crippen LogP contribution in [0.2, 0.25) is 0 Å². The normalized spacial score (nSPS) is 19.5. The lowest BCUT2D eigenvalue weighted by molar-refractivity contribution is -0.384. The zero-order valence-electron chi connectivity index (χ0n) is 12.1. The summed E-state index contributed by atoms with van der Waals surface area (Å²) >= 11 is 0. The molecule has 1 saturated heterocycles. The minimum atomic E-state index is -0.341. The minimum absolute atomic E-state index is 0.0983. The van der Waals surface area contributed by atoms with Crippen molar-refractivity contribution in [3.8, 4) is 0 Å². The van der Waals surface area contributed by atoms with Crippen LogP contribution in [0.5, 0.6) is 0 Å². The van der Waals surface area contributed by atoms with E-state index in [1.165, 1.54) is 6.42 Å². The van der Waals surface area contributed by atoms with Crippen molar-refractivity contribution in [2.24, 2.45) is 5.92 Å². The predicted octanol–water partition coefficient (Wildman–Crippen LogP) is 3.05. The van der Waals surface area contributed by atoms with Gasteiger partial charge in [-0.05, 0) is 38.2 Å². The summed E-state index contributed by atoms with van der Waals surface area (Å²) in [5, 5.41) is 14.3. The molecule has 1 N–H and O–H groups in total. The molecule has 0 amide bonds. The molecular weight excluding hydrogens is 256 g/mol. The van der Waals surface area contributed by atoms with Crippen LogP contribution in [0.3, 0.4) is 0 Å². The highest BCUT2D eigenvalue weighted by Crippen LogP contribution is 2.30. The molecule has 110 valence electrons. The fraction of sp³-hybridized carbons (Fsp3) is 0.643. The molecule has 1 aliphatic heterocycles. The number of nitrogens with zero attached hydrogens (tertiary/aromatic N) is 3. The van der Waals surface area contributed by atoms with Crippen molar-refractivity contribution in [2.75, 3.05) is 29.9 Å². The first-order chi connectivity index (χ1) is 9.61. The van der Waals surface area contributed by atoms with Crippen LogP contribution in [0.25, 0.3) is 0 Å². The number of anilines is 2. The van der Waals surface area contributed by atoms with Gasteiger partial charge in [0.15, 0.2) is 0 Å². The van der Waals surface area contributed by atoms with Crippen LogP contribution in [0.15, 0.2) is 12.1 Å². The summed E-state index contributed by atoms with van der Waals surface area (Å²) in [4.78, 5) is 17.4. The van der Waals surface area contributed by atoms with Crippen molar-refractivity contribution in [2.45, 2.75) is 33.1 Å². The van der Waals surface area contributed by atoms with Crippen molar-refractivity contribution in [1.29, 1.82) is 0 Å². The summed E-state index contributed by atoms with van der Waals surface area (Å²) in [6, 6.07) is 3.22. The molecule has 1 unspecified atom stereocenters. The van der Waals surface area contributed by atoms with Crippen molar-refractivity contribution in [1.82, 2.24) is 4.98 Å². The highest BCUT2D eigenvalue weighted by atomic mass is 16.6. The molecule has 1 atom stereocenters. The molecule has 0 spiro atoms. The largest absolute Gasteiger partial charge is 0.370 e. The highest BCUT2D eigenvalue weighted by Gasteiger charge is 2.23. The average molecular weight is 278 g/mol. The van der Waals surface area contributed by atoms with Crippen LogP contribution >= 0.6 is 0 Å². The number of nitro groups is 1. The maximum atomic E-state index is 11.2. The molecule has 2 heterocycles. The predicted molar refractivity (Wildman–Crippen MR) is 80.3 cm³/mol. The fourth-order valence-electron chi connectivity index (χ4n) is 2.57. The van der Waals surface area contributed by atoms with Crippen molar-refractivity contribution < 1.29 is 4.92 Å².